The van der Waals surface area contributed by atoms with Crippen LogP contribution in [0, 0.1) is 0 Å². The Labute approximate surface area is 164 Å². The second kappa shape index (κ2) is 8.16. The van der Waals surface area contributed by atoms with Crippen LogP contribution in [0.5, 0.6) is 0 Å². The van der Waals surface area contributed by atoms with Crippen molar-refractivity contribution in [3.8, 4) is 0 Å². The maximum atomic E-state index is 12.6. The van der Waals surface area contributed by atoms with E-state index in [1.165, 1.54) is 0 Å². The molecule has 9 heteroatoms. The van der Waals surface area contributed by atoms with Gasteiger partial charge in [-0.25, -0.2) is 8.42 Å². The fourth-order valence-electron chi connectivity index (χ4n) is 3.63. The van der Waals surface area contributed by atoms with Gasteiger partial charge in [0.2, 0.25) is 5.91 Å². The van der Waals surface area contributed by atoms with Gasteiger partial charge in [-0.15, -0.1) is 0 Å². The fraction of sp³-hybridized carbons (Fsp3) is 0.556. The number of halogens is 1. The van der Waals surface area contributed by atoms with Crippen LogP contribution in [0.25, 0.3) is 0 Å². The molecule has 1 N–H and O–H groups in total. The van der Waals surface area contributed by atoms with E-state index in [0.717, 1.165) is 0 Å². The lowest BCUT2D eigenvalue weighted by molar-refractivity contribution is -0.134. The van der Waals surface area contributed by atoms with Gasteiger partial charge in [-0.3, -0.25) is 14.5 Å². The third-order valence-electron chi connectivity index (χ3n) is 5.19. The van der Waals surface area contributed by atoms with E-state index in [2.05, 4.69) is 10.2 Å². The molecule has 2 fully saturated rings. The van der Waals surface area contributed by atoms with E-state index in [1.54, 1.807) is 36.1 Å². The third kappa shape index (κ3) is 4.80. The first-order valence-electron chi connectivity index (χ1n) is 9.05. The summed E-state index contributed by atoms with van der Waals surface area (Å²) in [6, 6.07) is 6.10. The van der Waals surface area contributed by atoms with E-state index in [-0.39, 0.29) is 29.4 Å². The minimum atomic E-state index is -2.91. The number of nitrogens with zero attached hydrogens (tertiary/aromatic N) is 2. The first kappa shape index (κ1) is 20.1. The Morgan fingerprint density at radius 1 is 1.19 bits per heavy atom. The lowest BCUT2D eigenvalue weighted by Gasteiger charge is -2.38. The maximum absolute atomic E-state index is 12.6. The van der Waals surface area contributed by atoms with E-state index < -0.39 is 15.9 Å². The minimum Gasteiger partial charge on any atom is -0.340 e. The molecule has 1 aromatic rings. The molecule has 0 spiro atoms. The highest BCUT2D eigenvalue weighted by atomic mass is 35.5. The molecule has 2 heterocycles. The Morgan fingerprint density at radius 2 is 1.85 bits per heavy atom. The average Bonchev–Trinajstić information content (AvgIpc) is 3.01. The summed E-state index contributed by atoms with van der Waals surface area (Å²) in [6.45, 7) is 4.02. The van der Waals surface area contributed by atoms with Crippen molar-refractivity contribution in [2.75, 3.05) is 37.7 Å². The molecule has 148 valence electrons. The van der Waals surface area contributed by atoms with Gasteiger partial charge in [-0.05, 0) is 25.5 Å². The SMILES string of the molecule is C[C@H](NC(=O)c1ccccc1Cl)C(=O)N1CCN([C@@H]2CCS(=O)(=O)C2)CC1. The van der Waals surface area contributed by atoms with Crippen LogP contribution in [0.1, 0.15) is 23.7 Å². The Morgan fingerprint density at radius 3 is 2.44 bits per heavy atom. The summed E-state index contributed by atoms with van der Waals surface area (Å²) in [4.78, 5) is 28.8. The molecule has 2 aliphatic rings. The first-order chi connectivity index (χ1) is 12.8. The summed E-state index contributed by atoms with van der Waals surface area (Å²) in [5, 5.41) is 3.05. The highest BCUT2D eigenvalue weighted by Crippen LogP contribution is 2.19. The Kier molecular flexibility index (Phi) is 6.08. The van der Waals surface area contributed by atoms with Crippen molar-refractivity contribution in [2.45, 2.75) is 25.4 Å². The quantitative estimate of drug-likeness (QED) is 0.788. The first-order valence-corrected chi connectivity index (χ1v) is 11.3. The largest absolute Gasteiger partial charge is 0.340 e. The average molecular weight is 414 g/mol. The molecule has 7 nitrogen and oxygen atoms in total. The molecule has 3 rings (SSSR count). The molecule has 0 bridgehead atoms. The van der Waals surface area contributed by atoms with Gasteiger partial charge in [-0.2, -0.15) is 0 Å². The van der Waals surface area contributed by atoms with Crippen molar-refractivity contribution in [3.63, 3.8) is 0 Å². The van der Waals surface area contributed by atoms with Crippen molar-refractivity contribution in [2.24, 2.45) is 0 Å². The highest BCUT2D eigenvalue weighted by Gasteiger charge is 2.35. The Hall–Kier alpha value is -1.64. The van der Waals surface area contributed by atoms with Gasteiger partial charge in [0.1, 0.15) is 6.04 Å². The standard InChI is InChI=1S/C18H24ClN3O4S/c1-13(20-17(23)15-4-2-3-5-16(15)19)18(24)22-9-7-21(8-10-22)14-6-11-27(25,26)12-14/h2-5,13-14H,6-12H2,1H3,(H,20,23)/t13-,14+/m0/s1. The number of sulfone groups is 1. The number of carbonyl (C=O) groups is 2. The second-order valence-corrected chi connectivity index (χ2v) is 9.73. The van der Waals surface area contributed by atoms with Crippen LogP contribution in [0.2, 0.25) is 5.02 Å². The zero-order chi connectivity index (χ0) is 19.6. The lowest BCUT2D eigenvalue weighted by Crippen LogP contribution is -2.56. The summed E-state index contributed by atoms with van der Waals surface area (Å²) in [6.07, 6.45) is 0.667. The molecule has 2 amide bonds. The number of hydrogen-bond acceptors (Lipinski definition) is 5. The van der Waals surface area contributed by atoms with E-state index in [9.17, 15) is 18.0 Å². The van der Waals surface area contributed by atoms with Gasteiger partial charge >= 0.3 is 0 Å². The minimum absolute atomic E-state index is 0.0598. The number of nitrogens with one attached hydrogen (secondary N) is 1. The number of amides is 2. The summed E-state index contributed by atoms with van der Waals surface area (Å²) in [5.41, 5.74) is 0.339. The van der Waals surface area contributed by atoms with Crippen LogP contribution in [0.4, 0.5) is 0 Å². The highest BCUT2D eigenvalue weighted by molar-refractivity contribution is 7.91. The van der Waals surface area contributed by atoms with Crippen LogP contribution < -0.4 is 5.32 Å². The van der Waals surface area contributed by atoms with Gasteiger partial charge in [0.05, 0.1) is 22.1 Å². The van der Waals surface area contributed by atoms with Gasteiger partial charge in [-0.1, -0.05) is 23.7 Å². The van der Waals surface area contributed by atoms with Crippen LogP contribution in [0.3, 0.4) is 0 Å². The zero-order valence-electron chi connectivity index (χ0n) is 15.2. The summed E-state index contributed by atoms with van der Waals surface area (Å²) >= 11 is 6.02. The van der Waals surface area contributed by atoms with Crippen molar-refractivity contribution in [3.05, 3.63) is 34.9 Å². The summed E-state index contributed by atoms with van der Waals surface area (Å²) in [7, 11) is -2.91. The van der Waals surface area contributed by atoms with Crippen LogP contribution in [-0.2, 0) is 14.6 Å². The molecule has 0 radical (unpaired) electrons. The summed E-state index contributed by atoms with van der Waals surface area (Å²) < 4.78 is 23.3. The molecule has 2 atom stereocenters. The van der Waals surface area contributed by atoms with Gasteiger partial charge in [0, 0.05) is 32.2 Å². The smallest absolute Gasteiger partial charge is 0.253 e. The van der Waals surface area contributed by atoms with E-state index >= 15 is 0 Å². The zero-order valence-corrected chi connectivity index (χ0v) is 16.8. The molecule has 0 aromatic heterocycles. The normalized spacial score (nSPS) is 23.8. The molecule has 1 aromatic carbocycles. The predicted molar refractivity (Wildman–Crippen MR) is 104 cm³/mol. The van der Waals surface area contributed by atoms with Crippen LogP contribution in [0.15, 0.2) is 24.3 Å². The van der Waals surface area contributed by atoms with Crippen molar-refractivity contribution < 1.29 is 18.0 Å². The van der Waals surface area contributed by atoms with Gasteiger partial charge < -0.3 is 10.2 Å². The van der Waals surface area contributed by atoms with E-state index in [1.807, 2.05) is 0 Å². The van der Waals surface area contributed by atoms with Crippen molar-refractivity contribution in [1.29, 1.82) is 0 Å². The van der Waals surface area contributed by atoms with Crippen LogP contribution >= 0.6 is 11.6 Å². The maximum Gasteiger partial charge on any atom is 0.253 e. The van der Waals surface area contributed by atoms with E-state index in [0.29, 0.717) is 43.2 Å². The Balaban J connectivity index is 1.51. The lowest BCUT2D eigenvalue weighted by atomic mass is 10.1. The number of piperazine rings is 1. The number of carbonyl (C=O) groups excluding carboxylic acids is 2. The topological polar surface area (TPSA) is 86.8 Å². The number of hydrogen-bond donors (Lipinski definition) is 1. The van der Waals surface area contributed by atoms with Crippen molar-refractivity contribution >= 4 is 33.3 Å². The van der Waals surface area contributed by atoms with Gasteiger partial charge in [0.25, 0.3) is 5.91 Å². The fourth-order valence-corrected chi connectivity index (χ4v) is 5.61. The monoisotopic (exact) mass is 413 g/mol. The molecule has 27 heavy (non-hydrogen) atoms. The van der Waals surface area contributed by atoms with Gasteiger partial charge in [0.15, 0.2) is 9.84 Å². The molecule has 0 aliphatic carbocycles. The number of rotatable bonds is 4. The Bertz CT molecular complexity index is 822. The summed E-state index contributed by atoms with van der Waals surface area (Å²) in [5.74, 6) is -0.0574. The predicted octanol–water partition coefficient (Wildman–Crippen LogP) is 0.790. The molecule has 2 saturated heterocycles. The van der Waals surface area contributed by atoms with Crippen molar-refractivity contribution in [1.82, 2.24) is 15.1 Å². The third-order valence-corrected chi connectivity index (χ3v) is 7.27. The molecular weight excluding hydrogens is 390 g/mol. The second-order valence-electron chi connectivity index (χ2n) is 7.09. The number of benzene rings is 1. The molecular formula is C18H24ClN3O4S. The molecule has 2 aliphatic heterocycles. The van der Waals surface area contributed by atoms with Crippen LogP contribution in [-0.4, -0.2) is 79.8 Å². The molecule has 0 unspecified atom stereocenters. The van der Waals surface area contributed by atoms with E-state index in [4.69, 9.17) is 11.6 Å². The molecule has 0 saturated carbocycles.